The molecule has 3 amide bonds. The van der Waals surface area contributed by atoms with E-state index in [1.165, 1.54) is 11.9 Å². The summed E-state index contributed by atoms with van der Waals surface area (Å²) in [7, 11) is 1.53. The highest BCUT2D eigenvalue weighted by Gasteiger charge is 2.38. The van der Waals surface area contributed by atoms with Crippen LogP contribution in [-0.2, 0) is 19.1 Å². The summed E-state index contributed by atoms with van der Waals surface area (Å²) >= 11 is 0. The van der Waals surface area contributed by atoms with E-state index in [2.05, 4.69) is 10.6 Å². The Bertz CT molecular complexity index is 1070. The number of carboxylic acids is 1. The number of fused-ring (bicyclic) bond motifs is 3. The van der Waals surface area contributed by atoms with Gasteiger partial charge in [-0.25, -0.2) is 4.79 Å². The molecule has 9 nitrogen and oxygen atoms in total. The summed E-state index contributed by atoms with van der Waals surface area (Å²) in [6.45, 7) is 0.547. The molecule has 1 aliphatic carbocycles. The lowest BCUT2D eigenvalue weighted by atomic mass is 9.97. The molecule has 9 heteroatoms. The summed E-state index contributed by atoms with van der Waals surface area (Å²) in [6.07, 6.45) is -1.14. The van der Waals surface area contributed by atoms with Gasteiger partial charge < -0.3 is 25.4 Å². The fraction of sp³-hybridized carbons (Fsp3) is 0.360. The number of carbonyl (C=O) groups is 4. The van der Waals surface area contributed by atoms with E-state index in [9.17, 15) is 19.2 Å². The van der Waals surface area contributed by atoms with Crippen molar-refractivity contribution in [1.82, 2.24) is 15.5 Å². The first-order chi connectivity index (χ1) is 16.4. The fourth-order valence-corrected chi connectivity index (χ4v) is 4.56. The quantitative estimate of drug-likeness (QED) is 0.547. The zero-order valence-corrected chi connectivity index (χ0v) is 18.8. The SMILES string of the molecule is CNC(=O)C1CN(C(=O)C(CCC(=O)O)NC(=O)OCC2c3ccccc3-c3ccccc32)C1. The third kappa shape index (κ3) is 4.73. The van der Waals surface area contributed by atoms with Crippen LogP contribution in [0.2, 0.25) is 0 Å². The van der Waals surface area contributed by atoms with Crippen LogP contribution in [0.4, 0.5) is 4.79 Å². The molecular formula is C25H27N3O6. The highest BCUT2D eigenvalue weighted by Crippen LogP contribution is 2.44. The van der Waals surface area contributed by atoms with Crippen molar-refractivity contribution in [3.8, 4) is 11.1 Å². The van der Waals surface area contributed by atoms with Gasteiger partial charge >= 0.3 is 12.1 Å². The van der Waals surface area contributed by atoms with Crippen LogP contribution in [0.5, 0.6) is 0 Å². The number of amides is 3. The van der Waals surface area contributed by atoms with E-state index in [-0.39, 0.29) is 50.3 Å². The summed E-state index contributed by atoms with van der Waals surface area (Å²) in [5, 5.41) is 14.1. The minimum Gasteiger partial charge on any atom is -0.481 e. The number of alkyl carbamates (subject to hydrolysis) is 1. The number of nitrogens with zero attached hydrogens (tertiary/aromatic N) is 1. The normalized spacial score (nSPS) is 15.5. The average molecular weight is 466 g/mol. The van der Waals surface area contributed by atoms with E-state index in [1.807, 2.05) is 48.5 Å². The average Bonchev–Trinajstić information content (AvgIpc) is 3.12. The number of benzene rings is 2. The summed E-state index contributed by atoms with van der Waals surface area (Å²) in [5.41, 5.74) is 4.33. The van der Waals surface area contributed by atoms with Crippen LogP contribution in [0, 0.1) is 5.92 Å². The van der Waals surface area contributed by atoms with E-state index >= 15 is 0 Å². The number of ether oxygens (including phenoxy) is 1. The first kappa shape index (κ1) is 23.3. The van der Waals surface area contributed by atoms with Crippen LogP contribution in [-0.4, -0.2) is 66.7 Å². The lowest BCUT2D eigenvalue weighted by Gasteiger charge is -2.39. The van der Waals surface area contributed by atoms with Crippen molar-refractivity contribution in [3.63, 3.8) is 0 Å². The van der Waals surface area contributed by atoms with Crippen molar-refractivity contribution < 1.29 is 29.0 Å². The molecular weight excluding hydrogens is 438 g/mol. The molecule has 0 saturated carbocycles. The minimum atomic E-state index is -1.07. The third-order valence-corrected chi connectivity index (χ3v) is 6.39. The zero-order chi connectivity index (χ0) is 24.2. The lowest BCUT2D eigenvalue weighted by molar-refractivity contribution is -0.144. The predicted molar refractivity (Wildman–Crippen MR) is 123 cm³/mol. The molecule has 2 aromatic rings. The molecule has 0 bridgehead atoms. The number of hydrogen-bond acceptors (Lipinski definition) is 5. The van der Waals surface area contributed by atoms with Crippen LogP contribution in [0.1, 0.15) is 29.9 Å². The standard InChI is InChI=1S/C25H27N3O6/c1-26-23(31)15-12-28(13-15)24(32)21(10-11-22(29)30)27-25(33)34-14-20-18-8-4-2-6-16(18)17-7-3-5-9-19(17)20/h2-9,15,20-21H,10-14H2,1H3,(H,26,31)(H,27,33)(H,29,30). The zero-order valence-electron chi connectivity index (χ0n) is 18.8. The Kier molecular flexibility index (Phi) is 6.81. The van der Waals surface area contributed by atoms with Crippen molar-refractivity contribution >= 4 is 23.9 Å². The second-order valence-corrected chi connectivity index (χ2v) is 8.51. The molecule has 0 radical (unpaired) electrons. The van der Waals surface area contributed by atoms with E-state index in [0.717, 1.165) is 22.3 Å². The van der Waals surface area contributed by atoms with Gasteiger partial charge in [-0.2, -0.15) is 0 Å². The van der Waals surface area contributed by atoms with E-state index in [4.69, 9.17) is 9.84 Å². The Morgan fingerprint density at radius 1 is 1.03 bits per heavy atom. The molecule has 1 fully saturated rings. The number of aliphatic carboxylic acids is 1. The Hall–Kier alpha value is -3.88. The lowest BCUT2D eigenvalue weighted by Crippen LogP contribution is -2.60. The topological polar surface area (TPSA) is 125 Å². The molecule has 3 N–H and O–H groups in total. The van der Waals surface area contributed by atoms with Crippen molar-refractivity contribution in [1.29, 1.82) is 0 Å². The molecule has 2 aromatic carbocycles. The van der Waals surface area contributed by atoms with Crippen molar-refractivity contribution in [2.45, 2.75) is 24.8 Å². The van der Waals surface area contributed by atoms with Crippen LogP contribution < -0.4 is 10.6 Å². The van der Waals surface area contributed by atoms with Gasteiger partial charge in [0.15, 0.2) is 0 Å². The van der Waals surface area contributed by atoms with Crippen molar-refractivity contribution in [2.24, 2.45) is 5.92 Å². The summed E-state index contributed by atoms with van der Waals surface area (Å²) in [4.78, 5) is 49.7. The number of rotatable bonds is 8. The second-order valence-electron chi connectivity index (χ2n) is 8.51. The van der Waals surface area contributed by atoms with Gasteiger partial charge in [-0.05, 0) is 28.7 Å². The number of carboxylic acid groups (broad SMARTS) is 1. The summed E-state index contributed by atoms with van der Waals surface area (Å²) < 4.78 is 5.50. The molecule has 2 aliphatic rings. The molecule has 0 spiro atoms. The van der Waals surface area contributed by atoms with Gasteiger partial charge in [0, 0.05) is 32.5 Å². The maximum atomic E-state index is 12.8. The maximum Gasteiger partial charge on any atom is 0.407 e. The monoisotopic (exact) mass is 465 g/mol. The summed E-state index contributed by atoms with van der Waals surface area (Å²) in [6, 6.07) is 14.9. The number of nitrogens with one attached hydrogen (secondary N) is 2. The van der Waals surface area contributed by atoms with Crippen molar-refractivity contribution in [2.75, 3.05) is 26.7 Å². The van der Waals surface area contributed by atoms with Crippen molar-refractivity contribution in [3.05, 3.63) is 59.7 Å². The Balaban J connectivity index is 1.39. The number of hydrogen-bond donors (Lipinski definition) is 3. The van der Waals surface area contributed by atoms with Crippen LogP contribution >= 0.6 is 0 Å². The van der Waals surface area contributed by atoms with Gasteiger partial charge in [-0.15, -0.1) is 0 Å². The van der Waals surface area contributed by atoms with Gasteiger partial charge in [0.1, 0.15) is 12.6 Å². The minimum absolute atomic E-state index is 0.0699. The Labute approximate surface area is 197 Å². The molecule has 1 aliphatic heterocycles. The molecule has 34 heavy (non-hydrogen) atoms. The number of likely N-dealkylation sites (tertiary alicyclic amines) is 1. The maximum absolute atomic E-state index is 12.8. The highest BCUT2D eigenvalue weighted by molar-refractivity contribution is 5.89. The molecule has 1 heterocycles. The molecule has 1 atom stereocenters. The predicted octanol–water partition coefficient (Wildman–Crippen LogP) is 1.96. The molecule has 0 aromatic heterocycles. The van der Waals surface area contributed by atoms with Crippen LogP contribution in [0.25, 0.3) is 11.1 Å². The van der Waals surface area contributed by atoms with Gasteiger partial charge in [0.05, 0.1) is 5.92 Å². The molecule has 1 saturated heterocycles. The largest absolute Gasteiger partial charge is 0.481 e. The van der Waals surface area contributed by atoms with Gasteiger partial charge in [-0.3, -0.25) is 14.4 Å². The first-order valence-corrected chi connectivity index (χ1v) is 11.2. The third-order valence-electron chi connectivity index (χ3n) is 6.39. The van der Waals surface area contributed by atoms with Gasteiger partial charge in [0.25, 0.3) is 0 Å². The molecule has 4 rings (SSSR count). The first-order valence-electron chi connectivity index (χ1n) is 11.2. The smallest absolute Gasteiger partial charge is 0.407 e. The van der Waals surface area contributed by atoms with E-state index in [1.54, 1.807) is 0 Å². The van der Waals surface area contributed by atoms with E-state index in [0.29, 0.717) is 0 Å². The second kappa shape index (κ2) is 9.94. The molecule has 1 unspecified atom stereocenters. The van der Waals surface area contributed by atoms with Crippen LogP contribution in [0.3, 0.4) is 0 Å². The van der Waals surface area contributed by atoms with Gasteiger partial charge in [0.2, 0.25) is 11.8 Å². The van der Waals surface area contributed by atoms with E-state index < -0.39 is 24.0 Å². The summed E-state index contributed by atoms with van der Waals surface area (Å²) in [5.74, 6) is -2.08. The Morgan fingerprint density at radius 2 is 1.62 bits per heavy atom. The number of carbonyl (C=O) groups excluding carboxylic acids is 3. The Morgan fingerprint density at radius 3 is 2.18 bits per heavy atom. The molecule has 178 valence electrons. The van der Waals surface area contributed by atoms with Gasteiger partial charge in [-0.1, -0.05) is 48.5 Å². The highest BCUT2D eigenvalue weighted by atomic mass is 16.5. The fourth-order valence-electron chi connectivity index (χ4n) is 4.56. The van der Waals surface area contributed by atoms with Crippen LogP contribution in [0.15, 0.2) is 48.5 Å².